The number of hydrogen-bond donors (Lipinski definition) is 1. The van der Waals surface area contributed by atoms with Gasteiger partial charge in [-0.1, -0.05) is 29.5 Å². The Morgan fingerprint density at radius 2 is 1.97 bits per heavy atom. The number of benzene rings is 2. The quantitative estimate of drug-likeness (QED) is 0.632. The van der Waals surface area contributed by atoms with E-state index in [9.17, 15) is 13.6 Å². The molecule has 0 radical (unpaired) electrons. The van der Waals surface area contributed by atoms with Crippen LogP contribution in [0.4, 0.5) is 8.78 Å². The summed E-state index contributed by atoms with van der Waals surface area (Å²) in [5.74, 6) is 3.32. The van der Waals surface area contributed by atoms with Gasteiger partial charge in [0.05, 0.1) is 5.02 Å². The average Bonchev–Trinajstić information content (AvgIpc) is 2.64. The minimum atomic E-state index is -1.03. The highest BCUT2D eigenvalue weighted by atomic mass is 35.5. The summed E-state index contributed by atoms with van der Waals surface area (Å²) >= 11 is 6.18. The molecule has 0 saturated carbocycles. The Bertz CT molecular complexity index is 927. The maximum absolute atomic E-state index is 13.1. The lowest BCUT2D eigenvalue weighted by Gasteiger charge is -2.13. The molecule has 2 aromatic rings. The molecule has 29 heavy (non-hydrogen) atoms. The van der Waals surface area contributed by atoms with Crippen molar-refractivity contribution in [2.24, 2.45) is 0 Å². The molecular formula is C22H19ClF2O4. The summed E-state index contributed by atoms with van der Waals surface area (Å²) in [5.41, 5.74) is 0.949. The molecule has 7 heteroatoms. The van der Waals surface area contributed by atoms with Crippen LogP contribution in [0.25, 0.3) is 0 Å². The zero-order valence-electron chi connectivity index (χ0n) is 15.6. The second kappa shape index (κ2) is 11.2. The molecule has 0 aliphatic carbocycles. The van der Waals surface area contributed by atoms with Crippen LogP contribution in [-0.2, 0) is 16.0 Å². The largest absolute Gasteiger partial charge is 0.488 e. The number of rotatable bonds is 8. The summed E-state index contributed by atoms with van der Waals surface area (Å²) in [6.07, 6.45) is 2.39. The zero-order chi connectivity index (χ0) is 21.2. The van der Waals surface area contributed by atoms with Crippen molar-refractivity contribution in [1.82, 2.24) is 0 Å². The number of aliphatic carboxylic acids is 1. The van der Waals surface area contributed by atoms with Crippen LogP contribution in [0.1, 0.15) is 18.1 Å². The third-order valence-corrected chi connectivity index (χ3v) is 3.97. The van der Waals surface area contributed by atoms with E-state index in [4.69, 9.17) is 26.2 Å². The molecule has 0 spiro atoms. The van der Waals surface area contributed by atoms with E-state index in [0.29, 0.717) is 22.9 Å². The summed E-state index contributed by atoms with van der Waals surface area (Å²) in [6.45, 7) is 2.21. The van der Waals surface area contributed by atoms with Gasteiger partial charge in [0.15, 0.2) is 6.10 Å². The van der Waals surface area contributed by atoms with Crippen LogP contribution in [0, 0.1) is 23.5 Å². The van der Waals surface area contributed by atoms with Crippen molar-refractivity contribution in [2.75, 3.05) is 13.2 Å². The van der Waals surface area contributed by atoms with Crippen LogP contribution < -0.4 is 4.74 Å². The Balaban J connectivity index is 1.90. The van der Waals surface area contributed by atoms with Crippen molar-refractivity contribution in [3.63, 3.8) is 0 Å². The van der Waals surface area contributed by atoms with E-state index >= 15 is 0 Å². The maximum atomic E-state index is 13.1. The number of carboxylic acid groups (broad SMARTS) is 1. The first-order valence-corrected chi connectivity index (χ1v) is 9.15. The average molecular weight is 421 g/mol. The van der Waals surface area contributed by atoms with Gasteiger partial charge in [-0.25, -0.2) is 13.6 Å². The predicted octanol–water partition coefficient (Wildman–Crippen LogP) is 4.64. The maximum Gasteiger partial charge on any atom is 0.333 e. The summed E-state index contributed by atoms with van der Waals surface area (Å²) in [7, 11) is 0. The van der Waals surface area contributed by atoms with Gasteiger partial charge >= 0.3 is 5.97 Å². The van der Waals surface area contributed by atoms with E-state index in [1.54, 1.807) is 31.2 Å². The fourth-order valence-corrected chi connectivity index (χ4v) is 2.67. The van der Waals surface area contributed by atoms with Crippen molar-refractivity contribution in [3.8, 4) is 17.6 Å². The van der Waals surface area contributed by atoms with Gasteiger partial charge in [0.25, 0.3) is 0 Å². The van der Waals surface area contributed by atoms with E-state index in [-0.39, 0.29) is 18.6 Å². The zero-order valence-corrected chi connectivity index (χ0v) is 16.4. The van der Waals surface area contributed by atoms with Crippen molar-refractivity contribution in [2.45, 2.75) is 19.4 Å². The molecule has 0 aliphatic rings. The second-order valence-electron chi connectivity index (χ2n) is 5.89. The number of hydrogen-bond acceptors (Lipinski definition) is 3. The summed E-state index contributed by atoms with van der Waals surface area (Å²) < 4.78 is 36.8. The van der Waals surface area contributed by atoms with E-state index in [1.807, 2.05) is 0 Å². The molecule has 152 valence electrons. The highest BCUT2D eigenvalue weighted by molar-refractivity contribution is 6.32. The molecular weight excluding hydrogens is 402 g/mol. The molecule has 1 unspecified atom stereocenters. The minimum Gasteiger partial charge on any atom is -0.488 e. The number of allylic oxidation sites excluding steroid dienone is 1. The standard InChI is InChI=1S/C22H19ClF2O4/c1-2-28-21(22(26)27)13-16-7-8-20(19(23)12-16)29-9-5-3-4-6-15-10-17(24)14-18(25)11-15/h3,5,7-8,10-12,14,21H,2,9,13H2,1H3,(H,26,27). The molecule has 0 bridgehead atoms. The topological polar surface area (TPSA) is 55.8 Å². The molecule has 2 rings (SSSR count). The van der Waals surface area contributed by atoms with Gasteiger partial charge in [-0.05, 0) is 48.9 Å². The van der Waals surface area contributed by atoms with Crippen LogP contribution in [0.15, 0.2) is 48.6 Å². The molecule has 1 N–H and O–H groups in total. The Kier molecular flexibility index (Phi) is 8.66. The van der Waals surface area contributed by atoms with Crippen LogP contribution in [0.3, 0.4) is 0 Å². The lowest BCUT2D eigenvalue weighted by Crippen LogP contribution is -2.26. The third kappa shape index (κ3) is 7.57. The second-order valence-corrected chi connectivity index (χ2v) is 6.30. The van der Waals surface area contributed by atoms with Crippen LogP contribution in [0.2, 0.25) is 5.02 Å². The van der Waals surface area contributed by atoms with Crippen LogP contribution >= 0.6 is 11.6 Å². The molecule has 0 fully saturated rings. The molecule has 0 amide bonds. The molecule has 0 saturated heterocycles. The van der Waals surface area contributed by atoms with Gasteiger partial charge in [0.1, 0.15) is 24.0 Å². The molecule has 0 aliphatic heterocycles. The molecule has 2 aromatic carbocycles. The lowest BCUT2D eigenvalue weighted by molar-refractivity contribution is -0.149. The summed E-state index contributed by atoms with van der Waals surface area (Å²) in [5, 5.41) is 9.48. The van der Waals surface area contributed by atoms with E-state index in [0.717, 1.165) is 18.2 Å². The van der Waals surface area contributed by atoms with E-state index in [1.165, 1.54) is 6.08 Å². The highest BCUT2D eigenvalue weighted by Crippen LogP contribution is 2.26. The summed E-state index contributed by atoms with van der Waals surface area (Å²) in [4.78, 5) is 11.2. The number of halogens is 3. The highest BCUT2D eigenvalue weighted by Gasteiger charge is 2.18. The Hall–Kier alpha value is -2.88. The normalized spacial score (nSPS) is 11.7. The van der Waals surface area contributed by atoms with Gasteiger partial charge in [-0.15, -0.1) is 0 Å². The number of ether oxygens (including phenoxy) is 2. The number of carboxylic acids is 1. The lowest BCUT2D eigenvalue weighted by atomic mass is 10.1. The third-order valence-electron chi connectivity index (χ3n) is 3.68. The van der Waals surface area contributed by atoms with E-state index in [2.05, 4.69) is 11.8 Å². The summed E-state index contributed by atoms with van der Waals surface area (Å²) in [6, 6.07) is 8.07. The van der Waals surface area contributed by atoms with Gasteiger partial charge in [-0.2, -0.15) is 0 Å². The first kappa shape index (κ1) is 22.4. The van der Waals surface area contributed by atoms with Gasteiger partial charge in [0, 0.05) is 24.7 Å². The molecule has 1 atom stereocenters. The Morgan fingerprint density at radius 1 is 1.24 bits per heavy atom. The Morgan fingerprint density at radius 3 is 2.59 bits per heavy atom. The monoisotopic (exact) mass is 420 g/mol. The molecule has 0 aromatic heterocycles. The SMILES string of the molecule is CCOC(Cc1ccc(OCC=CC#Cc2cc(F)cc(F)c2)c(Cl)c1)C(=O)O. The molecule has 4 nitrogen and oxygen atoms in total. The van der Waals surface area contributed by atoms with Gasteiger partial charge in [-0.3, -0.25) is 0 Å². The van der Waals surface area contributed by atoms with E-state index < -0.39 is 23.7 Å². The Labute approximate surface area is 172 Å². The molecule has 0 heterocycles. The van der Waals surface area contributed by atoms with Crippen molar-refractivity contribution >= 4 is 17.6 Å². The fraction of sp³-hybridized carbons (Fsp3) is 0.227. The first-order valence-electron chi connectivity index (χ1n) is 8.77. The van der Waals surface area contributed by atoms with Crippen molar-refractivity contribution in [3.05, 3.63) is 76.3 Å². The van der Waals surface area contributed by atoms with Crippen LogP contribution in [0.5, 0.6) is 5.75 Å². The fourth-order valence-electron chi connectivity index (χ4n) is 2.42. The minimum absolute atomic E-state index is 0.182. The van der Waals surface area contributed by atoms with Crippen LogP contribution in [-0.4, -0.2) is 30.4 Å². The van der Waals surface area contributed by atoms with Crippen molar-refractivity contribution in [1.29, 1.82) is 0 Å². The van der Waals surface area contributed by atoms with Gasteiger partial charge in [0.2, 0.25) is 0 Å². The van der Waals surface area contributed by atoms with Crippen molar-refractivity contribution < 1.29 is 28.2 Å². The van der Waals surface area contributed by atoms with Gasteiger partial charge < -0.3 is 14.6 Å². The predicted molar refractivity (Wildman–Crippen MR) is 106 cm³/mol. The first-order chi connectivity index (χ1) is 13.9. The number of carbonyl (C=O) groups is 1. The smallest absolute Gasteiger partial charge is 0.333 e.